The summed E-state index contributed by atoms with van der Waals surface area (Å²) in [5.74, 6) is 5.13. The minimum Gasteiger partial charge on any atom is -0.385 e. The fourth-order valence-electron chi connectivity index (χ4n) is 4.29. The molecule has 0 saturated carbocycles. The van der Waals surface area contributed by atoms with Gasteiger partial charge in [0, 0.05) is 59.6 Å². The van der Waals surface area contributed by atoms with Crippen molar-refractivity contribution in [1.82, 2.24) is 19.7 Å². The molecule has 4 rings (SSSR count). The van der Waals surface area contributed by atoms with Crippen molar-refractivity contribution in [3.8, 4) is 11.8 Å². The highest BCUT2D eigenvalue weighted by molar-refractivity contribution is 7.93. The Morgan fingerprint density at radius 1 is 1.02 bits per heavy atom. The quantitative estimate of drug-likeness (QED) is 0.195. The molecule has 44 heavy (non-hydrogen) atoms. The Morgan fingerprint density at radius 3 is 2.48 bits per heavy atom. The number of nitrogens with zero attached hydrogens (tertiary/aromatic N) is 5. The Labute approximate surface area is 259 Å². The van der Waals surface area contributed by atoms with Gasteiger partial charge in [-0.3, -0.25) is 19.3 Å². The first-order valence-electron chi connectivity index (χ1n) is 14.2. The number of carbonyl (C=O) groups excluding carboxylic acids is 2. The van der Waals surface area contributed by atoms with Crippen molar-refractivity contribution in [3.63, 3.8) is 0 Å². The van der Waals surface area contributed by atoms with Crippen molar-refractivity contribution in [3.05, 3.63) is 101 Å². The van der Waals surface area contributed by atoms with Crippen LogP contribution in [0.3, 0.4) is 0 Å². The Balaban J connectivity index is 1.42. The third-order valence-corrected chi connectivity index (χ3v) is 8.49. The van der Waals surface area contributed by atoms with E-state index < -0.39 is 15.6 Å². The van der Waals surface area contributed by atoms with Crippen LogP contribution in [-0.4, -0.2) is 68.6 Å². The Hall–Kier alpha value is -4.79. The zero-order valence-corrected chi connectivity index (χ0v) is 26.4. The molecule has 0 aliphatic heterocycles. The van der Waals surface area contributed by atoms with Crippen LogP contribution >= 0.6 is 0 Å². The summed E-state index contributed by atoms with van der Waals surface area (Å²) in [7, 11) is 0.825. The van der Waals surface area contributed by atoms with Gasteiger partial charge in [-0.25, -0.2) is 4.21 Å². The van der Waals surface area contributed by atoms with Gasteiger partial charge in [-0.2, -0.15) is 9.46 Å². The predicted octanol–water partition coefficient (Wildman–Crippen LogP) is 4.83. The van der Waals surface area contributed by atoms with Crippen molar-refractivity contribution in [2.24, 2.45) is 11.4 Å². The van der Waals surface area contributed by atoms with Gasteiger partial charge >= 0.3 is 0 Å². The average Bonchev–Trinajstić information content (AvgIpc) is 3.36. The average molecular weight is 612 g/mol. The molecular formula is C33H37N7O3S. The van der Waals surface area contributed by atoms with Crippen molar-refractivity contribution in [1.29, 1.82) is 0 Å². The first-order chi connectivity index (χ1) is 21.0. The molecule has 0 bridgehead atoms. The van der Waals surface area contributed by atoms with Gasteiger partial charge < -0.3 is 15.5 Å². The Bertz CT molecular complexity index is 1830. The molecule has 2 aromatic carbocycles. The van der Waals surface area contributed by atoms with E-state index in [4.69, 9.17) is 0 Å². The van der Waals surface area contributed by atoms with Crippen LogP contribution in [0.2, 0.25) is 0 Å². The van der Waals surface area contributed by atoms with Crippen LogP contribution < -0.4 is 10.6 Å². The summed E-state index contributed by atoms with van der Waals surface area (Å²) in [6.07, 6.45) is 5.38. The van der Waals surface area contributed by atoms with E-state index in [9.17, 15) is 13.8 Å². The number of rotatable bonds is 10. The van der Waals surface area contributed by atoms with Gasteiger partial charge in [-0.05, 0) is 88.1 Å². The summed E-state index contributed by atoms with van der Waals surface area (Å²) in [4.78, 5) is 32.5. The molecule has 2 N–H and O–H groups in total. The minimum absolute atomic E-state index is 0.189. The van der Waals surface area contributed by atoms with Gasteiger partial charge in [-0.15, -0.1) is 0 Å². The summed E-state index contributed by atoms with van der Waals surface area (Å²) in [5, 5.41) is 10.4. The number of nitrogens with one attached hydrogen (secondary N) is 2. The van der Waals surface area contributed by atoms with E-state index in [2.05, 4.69) is 55.8 Å². The summed E-state index contributed by atoms with van der Waals surface area (Å²) in [6.45, 7) is 6.80. The SMILES string of the molecule is CCN(C)CCCNc1ccc(S(C)(=O)=NC(=O)c2cncc(C#Cc3cccc(NC(=O)c4cc(C)nn4C)c3)c2)cc1. The van der Waals surface area contributed by atoms with Gasteiger partial charge in [0.05, 0.1) is 21.0 Å². The molecule has 0 radical (unpaired) electrons. The van der Waals surface area contributed by atoms with E-state index in [1.165, 1.54) is 23.3 Å². The number of hydrogen-bond donors (Lipinski definition) is 2. The highest BCUT2D eigenvalue weighted by Gasteiger charge is 2.13. The summed E-state index contributed by atoms with van der Waals surface area (Å²) < 4.78 is 18.9. The second-order valence-corrected chi connectivity index (χ2v) is 12.7. The standard InChI is InChI=1S/C33H37N7O3S/c1-6-39(3)18-8-17-35-28-13-15-30(16-14-28)44(5,43)38-32(41)27-20-26(22-34-23-27)12-11-25-9-7-10-29(21-25)36-33(42)31-19-24(2)37-40(31)4/h7,9-10,13-16,19-23,35H,6,8,17-18H2,1-5H3,(H,36,42). The lowest BCUT2D eigenvalue weighted by molar-refractivity contribution is 0.0999. The van der Waals surface area contributed by atoms with E-state index in [1.54, 1.807) is 49.5 Å². The normalized spacial score (nSPS) is 12.1. The van der Waals surface area contributed by atoms with E-state index in [1.807, 2.05) is 25.1 Å². The number of pyridine rings is 1. The molecular weight excluding hydrogens is 574 g/mol. The molecule has 2 heterocycles. The Morgan fingerprint density at radius 2 is 1.77 bits per heavy atom. The van der Waals surface area contributed by atoms with Gasteiger partial charge in [0.15, 0.2) is 0 Å². The third-order valence-electron chi connectivity index (χ3n) is 6.83. The number of benzene rings is 2. The fraction of sp³-hybridized carbons (Fsp3) is 0.273. The van der Waals surface area contributed by atoms with Crippen LogP contribution in [0, 0.1) is 18.8 Å². The second-order valence-electron chi connectivity index (χ2n) is 10.4. The van der Waals surface area contributed by atoms with E-state index in [-0.39, 0.29) is 11.5 Å². The lowest BCUT2D eigenvalue weighted by atomic mass is 10.1. The lowest BCUT2D eigenvalue weighted by Gasteiger charge is -2.14. The van der Waals surface area contributed by atoms with Crippen LogP contribution in [0.4, 0.5) is 11.4 Å². The second kappa shape index (κ2) is 14.6. The zero-order valence-electron chi connectivity index (χ0n) is 25.6. The zero-order chi connectivity index (χ0) is 31.7. The topological polar surface area (TPSA) is 122 Å². The first kappa shape index (κ1) is 32.1. The maximum Gasteiger partial charge on any atom is 0.286 e. The van der Waals surface area contributed by atoms with Gasteiger partial charge in [-0.1, -0.05) is 24.8 Å². The van der Waals surface area contributed by atoms with Crippen LogP contribution in [0.25, 0.3) is 0 Å². The van der Waals surface area contributed by atoms with Crippen molar-refractivity contribution in [2.45, 2.75) is 25.2 Å². The highest BCUT2D eigenvalue weighted by atomic mass is 32.2. The number of aryl methyl sites for hydroxylation is 2. The van der Waals surface area contributed by atoms with Crippen LogP contribution in [0.1, 0.15) is 51.0 Å². The number of hydrogen-bond acceptors (Lipinski definition) is 7. The van der Waals surface area contributed by atoms with Crippen molar-refractivity contribution < 1.29 is 13.8 Å². The number of carbonyl (C=O) groups is 2. The van der Waals surface area contributed by atoms with E-state index in [0.717, 1.165) is 37.4 Å². The van der Waals surface area contributed by atoms with Crippen LogP contribution in [-0.2, 0) is 16.8 Å². The van der Waals surface area contributed by atoms with Gasteiger partial charge in [0.1, 0.15) is 5.69 Å². The predicted molar refractivity (Wildman–Crippen MR) is 174 cm³/mol. The fourth-order valence-corrected chi connectivity index (χ4v) is 5.46. The summed E-state index contributed by atoms with van der Waals surface area (Å²) >= 11 is 0. The van der Waals surface area contributed by atoms with Gasteiger partial charge in [0.2, 0.25) is 0 Å². The minimum atomic E-state index is -2.98. The maximum absolute atomic E-state index is 13.4. The molecule has 2 amide bonds. The molecule has 1 atom stereocenters. The Kier molecular flexibility index (Phi) is 10.7. The molecule has 0 fully saturated rings. The molecule has 4 aromatic rings. The molecule has 228 valence electrons. The van der Waals surface area contributed by atoms with E-state index in [0.29, 0.717) is 27.4 Å². The number of aromatic nitrogens is 3. The van der Waals surface area contributed by atoms with Gasteiger partial charge in [0.25, 0.3) is 11.8 Å². The summed E-state index contributed by atoms with van der Waals surface area (Å²) in [6, 6.07) is 17.6. The largest absolute Gasteiger partial charge is 0.385 e. The third kappa shape index (κ3) is 8.86. The van der Waals surface area contributed by atoms with E-state index >= 15 is 0 Å². The number of anilines is 2. The highest BCUT2D eigenvalue weighted by Crippen LogP contribution is 2.18. The smallest absolute Gasteiger partial charge is 0.286 e. The molecule has 0 aliphatic rings. The first-order valence-corrected chi connectivity index (χ1v) is 16.1. The summed E-state index contributed by atoms with van der Waals surface area (Å²) in [5.41, 5.74) is 4.05. The number of amides is 2. The molecule has 2 aromatic heterocycles. The molecule has 1 unspecified atom stereocenters. The molecule has 0 saturated heterocycles. The monoisotopic (exact) mass is 611 g/mol. The molecule has 0 spiro atoms. The lowest BCUT2D eigenvalue weighted by Crippen LogP contribution is -2.20. The van der Waals surface area contributed by atoms with Crippen molar-refractivity contribution in [2.75, 3.05) is 43.6 Å². The van der Waals surface area contributed by atoms with Crippen LogP contribution in [0.15, 0.2) is 82.3 Å². The molecule has 11 heteroatoms. The van der Waals surface area contributed by atoms with Crippen LogP contribution in [0.5, 0.6) is 0 Å². The molecule has 0 aliphatic carbocycles. The van der Waals surface area contributed by atoms with Crippen molar-refractivity contribution >= 4 is 32.9 Å². The maximum atomic E-state index is 13.4. The molecule has 10 nitrogen and oxygen atoms in total.